The molecular weight excluding hydrogens is 226 g/mol. The minimum atomic E-state index is 0.423. The van der Waals surface area contributed by atoms with E-state index in [1.54, 1.807) is 6.08 Å². The molecule has 0 unspecified atom stereocenters. The van der Waals surface area contributed by atoms with Gasteiger partial charge in [0, 0.05) is 26.7 Å². The fourth-order valence-corrected chi connectivity index (χ4v) is 1.91. The highest BCUT2D eigenvalue weighted by atomic mass is 16.1. The molecule has 18 heavy (non-hydrogen) atoms. The summed E-state index contributed by atoms with van der Waals surface area (Å²) < 4.78 is 0. The van der Waals surface area contributed by atoms with Gasteiger partial charge in [-0.25, -0.2) is 0 Å². The van der Waals surface area contributed by atoms with E-state index in [-0.39, 0.29) is 0 Å². The van der Waals surface area contributed by atoms with E-state index in [0.717, 1.165) is 44.6 Å². The van der Waals surface area contributed by atoms with Crippen LogP contribution < -0.4 is 0 Å². The Kier molecular flexibility index (Phi) is 5.38. The largest absolute Gasteiger partial charge is 0.355 e. The van der Waals surface area contributed by atoms with Gasteiger partial charge in [-0.15, -0.1) is 0 Å². The van der Waals surface area contributed by atoms with Crippen molar-refractivity contribution in [3.8, 4) is 0 Å². The number of nitrogens with zero attached hydrogens (tertiary/aromatic N) is 3. The summed E-state index contributed by atoms with van der Waals surface area (Å²) in [7, 11) is 1.95. The van der Waals surface area contributed by atoms with Crippen LogP contribution in [0.4, 0.5) is 0 Å². The Morgan fingerprint density at radius 1 is 1.39 bits per heavy atom. The summed E-state index contributed by atoms with van der Waals surface area (Å²) in [6.07, 6.45) is 6.45. The summed E-state index contributed by atoms with van der Waals surface area (Å²) in [5.74, 6) is 0.891. The highest BCUT2D eigenvalue weighted by Crippen LogP contribution is 2.29. The summed E-state index contributed by atoms with van der Waals surface area (Å²) >= 11 is 0. The van der Waals surface area contributed by atoms with Crippen LogP contribution in [0.1, 0.15) is 33.6 Å². The van der Waals surface area contributed by atoms with Gasteiger partial charge in [-0.2, -0.15) is 5.10 Å². The first kappa shape index (κ1) is 14.7. The Morgan fingerprint density at radius 3 is 2.50 bits per heavy atom. The van der Waals surface area contributed by atoms with Crippen LogP contribution >= 0.6 is 0 Å². The van der Waals surface area contributed by atoms with Crippen molar-refractivity contribution in [2.75, 3.05) is 26.7 Å². The number of hydrazone groups is 1. The van der Waals surface area contributed by atoms with Crippen molar-refractivity contribution in [2.45, 2.75) is 33.6 Å². The lowest BCUT2D eigenvalue weighted by Gasteiger charge is -2.38. The smallest absolute Gasteiger partial charge is 0.148 e. The molecule has 0 aromatic carbocycles. The van der Waals surface area contributed by atoms with Crippen LogP contribution in [0.3, 0.4) is 0 Å². The molecular formula is C14H25N3O. The SMILES string of the molecule is CCN(C)/N=C(\C=C/C=O)N1CCC(C)(C)CC1. The number of piperidine rings is 1. The van der Waals surface area contributed by atoms with E-state index in [2.05, 4.69) is 30.8 Å². The molecule has 1 rings (SSSR count). The third-order valence-electron chi connectivity index (χ3n) is 3.50. The average Bonchev–Trinajstić information content (AvgIpc) is 2.34. The zero-order valence-corrected chi connectivity index (χ0v) is 12.0. The van der Waals surface area contributed by atoms with Crippen LogP contribution in [0.5, 0.6) is 0 Å². The van der Waals surface area contributed by atoms with Gasteiger partial charge in [-0.1, -0.05) is 13.8 Å². The number of likely N-dealkylation sites (tertiary alicyclic amines) is 1. The maximum absolute atomic E-state index is 10.5. The van der Waals surface area contributed by atoms with Crippen molar-refractivity contribution in [1.82, 2.24) is 9.91 Å². The Morgan fingerprint density at radius 2 is 2.00 bits per heavy atom. The Balaban J connectivity index is 2.75. The second kappa shape index (κ2) is 6.57. The molecule has 0 N–H and O–H groups in total. The molecule has 0 saturated carbocycles. The number of carbonyl (C=O) groups excluding carboxylic acids is 1. The molecule has 0 atom stereocenters. The minimum absolute atomic E-state index is 0.423. The predicted molar refractivity (Wildman–Crippen MR) is 75.5 cm³/mol. The van der Waals surface area contributed by atoms with E-state index in [1.807, 2.05) is 12.1 Å². The quantitative estimate of drug-likeness (QED) is 0.252. The number of hydrogen-bond acceptors (Lipinski definition) is 3. The van der Waals surface area contributed by atoms with Crippen molar-refractivity contribution >= 4 is 12.1 Å². The minimum Gasteiger partial charge on any atom is -0.355 e. The molecule has 0 aromatic heterocycles. The topological polar surface area (TPSA) is 35.9 Å². The molecule has 0 radical (unpaired) electrons. The van der Waals surface area contributed by atoms with E-state index in [1.165, 1.54) is 6.08 Å². The van der Waals surface area contributed by atoms with Gasteiger partial charge in [0.2, 0.25) is 0 Å². The fraction of sp³-hybridized carbons (Fsp3) is 0.714. The lowest BCUT2D eigenvalue weighted by Crippen LogP contribution is -2.41. The lowest BCUT2D eigenvalue weighted by atomic mass is 9.82. The van der Waals surface area contributed by atoms with Crippen LogP contribution in [0.25, 0.3) is 0 Å². The molecule has 0 spiro atoms. The van der Waals surface area contributed by atoms with Gasteiger partial charge in [-0.3, -0.25) is 9.80 Å². The molecule has 1 saturated heterocycles. The summed E-state index contributed by atoms with van der Waals surface area (Å²) in [5, 5.41) is 6.43. The number of hydrogen-bond donors (Lipinski definition) is 0. The van der Waals surface area contributed by atoms with Crippen molar-refractivity contribution in [3.05, 3.63) is 12.2 Å². The van der Waals surface area contributed by atoms with E-state index >= 15 is 0 Å². The lowest BCUT2D eigenvalue weighted by molar-refractivity contribution is -0.104. The summed E-state index contributed by atoms with van der Waals surface area (Å²) in [6.45, 7) is 9.54. The Hall–Kier alpha value is -1.32. The molecule has 4 nitrogen and oxygen atoms in total. The molecule has 0 aromatic rings. The Bertz CT molecular complexity index is 324. The second-order valence-electron chi connectivity index (χ2n) is 5.58. The second-order valence-corrected chi connectivity index (χ2v) is 5.58. The van der Waals surface area contributed by atoms with E-state index in [9.17, 15) is 4.79 Å². The zero-order valence-electron chi connectivity index (χ0n) is 12.0. The van der Waals surface area contributed by atoms with Crippen molar-refractivity contribution in [1.29, 1.82) is 0 Å². The highest BCUT2D eigenvalue weighted by Gasteiger charge is 2.26. The van der Waals surface area contributed by atoms with Crippen LogP contribution in [0, 0.1) is 5.41 Å². The fourth-order valence-electron chi connectivity index (χ4n) is 1.91. The average molecular weight is 251 g/mol. The monoisotopic (exact) mass is 251 g/mol. The number of aldehydes is 1. The zero-order chi connectivity index (χ0) is 13.6. The maximum atomic E-state index is 10.5. The maximum Gasteiger partial charge on any atom is 0.148 e. The van der Waals surface area contributed by atoms with Crippen molar-refractivity contribution in [3.63, 3.8) is 0 Å². The van der Waals surface area contributed by atoms with Crippen LogP contribution in [0.2, 0.25) is 0 Å². The van der Waals surface area contributed by atoms with Gasteiger partial charge in [0.05, 0.1) is 0 Å². The first-order chi connectivity index (χ1) is 8.48. The molecule has 1 heterocycles. The number of allylic oxidation sites excluding steroid dienone is 1. The van der Waals surface area contributed by atoms with E-state index in [4.69, 9.17) is 0 Å². The molecule has 0 bridgehead atoms. The third-order valence-corrected chi connectivity index (χ3v) is 3.50. The summed E-state index contributed by atoms with van der Waals surface area (Å²) in [6, 6.07) is 0. The van der Waals surface area contributed by atoms with Crippen molar-refractivity contribution < 1.29 is 4.79 Å². The van der Waals surface area contributed by atoms with E-state index in [0.29, 0.717) is 5.41 Å². The number of carbonyl (C=O) groups is 1. The van der Waals surface area contributed by atoms with Crippen LogP contribution in [-0.2, 0) is 4.79 Å². The number of rotatable bonds is 4. The van der Waals surface area contributed by atoms with E-state index < -0.39 is 0 Å². The number of amidine groups is 1. The van der Waals surface area contributed by atoms with Crippen LogP contribution in [0.15, 0.2) is 17.3 Å². The molecule has 0 aliphatic carbocycles. The standard InChI is InChI=1S/C14H25N3O/c1-5-16(4)15-13(7-6-12-18)17-10-8-14(2,3)9-11-17/h6-7,12H,5,8-11H2,1-4H3/b7-6-,15-13+. The summed E-state index contributed by atoms with van der Waals surface area (Å²) in [4.78, 5) is 12.7. The molecule has 102 valence electrons. The normalized spacial score (nSPS) is 20.2. The highest BCUT2D eigenvalue weighted by molar-refractivity contribution is 5.95. The first-order valence-corrected chi connectivity index (χ1v) is 6.65. The molecule has 1 fully saturated rings. The van der Waals surface area contributed by atoms with Crippen LogP contribution in [-0.4, -0.2) is 48.7 Å². The van der Waals surface area contributed by atoms with Gasteiger partial charge in [0.25, 0.3) is 0 Å². The first-order valence-electron chi connectivity index (χ1n) is 6.65. The van der Waals surface area contributed by atoms with Crippen molar-refractivity contribution in [2.24, 2.45) is 10.5 Å². The van der Waals surface area contributed by atoms with Gasteiger partial charge in [0.1, 0.15) is 12.1 Å². The van der Waals surface area contributed by atoms with Gasteiger partial charge in [0.15, 0.2) is 0 Å². The van der Waals surface area contributed by atoms with Gasteiger partial charge < -0.3 is 4.90 Å². The molecule has 0 amide bonds. The molecule has 4 heteroatoms. The third kappa shape index (κ3) is 4.51. The molecule has 1 aliphatic rings. The molecule has 1 aliphatic heterocycles. The predicted octanol–water partition coefficient (Wildman–Crippen LogP) is 2.13. The Labute approximate surface area is 110 Å². The summed E-state index contributed by atoms with van der Waals surface area (Å²) in [5.41, 5.74) is 0.423. The van der Waals surface area contributed by atoms with Gasteiger partial charge >= 0.3 is 0 Å². The van der Waals surface area contributed by atoms with Gasteiger partial charge in [-0.05, 0) is 37.3 Å².